The van der Waals surface area contributed by atoms with E-state index in [1.807, 2.05) is 24.3 Å². The van der Waals surface area contributed by atoms with Gasteiger partial charge in [0.05, 0.1) is 0 Å². The van der Waals surface area contributed by atoms with Crippen LogP contribution in [0.4, 0.5) is 0 Å². The summed E-state index contributed by atoms with van der Waals surface area (Å²) in [6.07, 6.45) is 3.42. The number of nitrogens with two attached hydrogens (primary N) is 1. The first-order valence-electron chi connectivity index (χ1n) is 7.74. The number of hydrogen-bond acceptors (Lipinski definition) is 5. The van der Waals surface area contributed by atoms with E-state index in [4.69, 9.17) is 10.2 Å². The minimum Gasteiger partial charge on any atom is -0.438 e. The summed E-state index contributed by atoms with van der Waals surface area (Å²) >= 11 is 0. The van der Waals surface area contributed by atoms with Gasteiger partial charge in [0, 0.05) is 6.04 Å². The van der Waals surface area contributed by atoms with Gasteiger partial charge in [-0.25, -0.2) is 4.98 Å². The van der Waals surface area contributed by atoms with Crippen LogP contribution in [-0.2, 0) is 0 Å². The Morgan fingerprint density at radius 3 is 2.86 bits per heavy atom. The number of aliphatic hydroxyl groups excluding tert-OH is 1. The van der Waals surface area contributed by atoms with Gasteiger partial charge in [-0.1, -0.05) is 12.1 Å². The number of rotatable bonds is 5. The lowest BCUT2D eigenvalue weighted by atomic mass is 9.90. The molecule has 0 saturated carbocycles. The van der Waals surface area contributed by atoms with Crippen molar-refractivity contribution in [2.45, 2.75) is 37.8 Å². The first-order chi connectivity index (χ1) is 10.2. The molecule has 114 valence electrons. The molecule has 1 aliphatic heterocycles. The minimum absolute atomic E-state index is 0.326. The van der Waals surface area contributed by atoms with Gasteiger partial charge >= 0.3 is 0 Å². The van der Waals surface area contributed by atoms with Crippen LogP contribution in [-0.4, -0.2) is 29.2 Å². The molecule has 5 nitrogen and oxygen atoms in total. The number of nitrogens with zero attached hydrogens (tertiary/aromatic N) is 1. The van der Waals surface area contributed by atoms with E-state index < -0.39 is 6.10 Å². The van der Waals surface area contributed by atoms with Gasteiger partial charge in [-0.3, -0.25) is 0 Å². The molecule has 1 fully saturated rings. The zero-order valence-corrected chi connectivity index (χ0v) is 12.2. The van der Waals surface area contributed by atoms with E-state index in [1.54, 1.807) is 0 Å². The van der Waals surface area contributed by atoms with Gasteiger partial charge in [-0.05, 0) is 56.8 Å². The fraction of sp³-hybridized carbons (Fsp3) is 0.562. The average molecular weight is 289 g/mol. The Kier molecular flexibility index (Phi) is 4.53. The molecule has 2 aromatic rings. The number of fused-ring (bicyclic) bond motifs is 1. The molecule has 21 heavy (non-hydrogen) atoms. The summed E-state index contributed by atoms with van der Waals surface area (Å²) < 4.78 is 5.59. The molecule has 1 aliphatic rings. The number of aromatic nitrogens is 1. The zero-order chi connectivity index (χ0) is 14.7. The quantitative estimate of drug-likeness (QED) is 0.783. The first kappa shape index (κ1) is 14.5. The third-order valence-corrected chi connectivity index (χ3v) is 4.34. The lowest BCUT2D eigenvalue weighted by Gasteiger charge is -2.24. The van der Waals surface area contributed by atoms with Crippen molar-refractivity contribution in [2.75, 3.05) is 13.1 Å². The van der Waals surface area contributed by atoms with Gasteiger partial charge in [0.15, 0.2) is 5.58 Å². The van der Waals surface area contributed by atoms with Crippen molar-refractivity contribution >= 4 is 11.1 Å². The summed E-state index contributed by atoms with van der Waals surface area (Å²) in [5, 5.41) is 13.7. The molecule has 4 N–H and O–H groups in total. The van der Waals surface area contributed by atoms with Gasteiger partial charge in [0.2, 0.25) is 5.89 Å². The molecule has 1 saturated heterocycles. The fourth-order valence-corrected chi connectivity index (χ4v) is 2.96. The Bertz CT molecular complexity index is 545. The van der Waals surface area contributed by atoms with Crippen molar-refractivity contribution in [1.29, 1.82) is 0 Å². The topological polar surface area (TPSA) is 84.3 Å². The lowest BCUT2D eigenvalue weighted by molar-refractivity contribution is 0.110. The smallest absolute Gasteiger partial charge is 0.225 e. The van der Waals surface area contributed by atoms with Crippen LogP contribution in [0.5, 0.6) is 0 Å². The normalized spacial score (nSPS) is 19.7. The number of oxazole rings is 1. The molecule has 1 aromatic heterocycles. The molecule has 0 spiro atoms. The van der Waals surface area contributed by atoms with Crippen molar-refractivity contribution in [3.8, 4) is 0 Å². The van der Waals surface area contributed by atoms with Crippen LogP contribution >= 0.6 is 0 Å². The molecule has 0 bridgehead atoms. The SMILES string of the molecule is N[C@@H](CCC1CCNCC1)C(O)c1nc2ccccc2o1. The average Bonchev–Trinajstić information content (AvgIpc) is 2.97. The molecule has 1 unspecified atom stereocenters. The standard InChI is InChI=1S/C16H23N3O2/c17-12(6-5-11-7-9-18-10-8-11)15(20)16-19-13-3-1-2-4-14(13)21-16/h1-4,11-12,15,18,20H,5-10,17H2/t12-,15?/m0/s1. The van der Waals surface area contributed by atoms with Crippen molar-refractivity contribution < 1.29 is 9.52 Å². The molecular formula is C16H23N3O2. The van der Waals surface area contributed by atoms with Gasteiger partial charge in [-0.15, -0.1) is 0 Å². The van der Waals surface area contributed by atoms with Crippen LogP contribution in [0.2, 0.25) is 0 Å². The highest BCUT2D eigenvalue weighted by molar-refractivity contribution is 5.72. The number of para-hydroxylation sites is 2. The van der Waals surface area contributed by atoms with E-state index in [0.29, 0.717) is 17.4 Å². The summed E-state index contributed by atoms with van der Waals surface area (Å²) in [5.74, 6) is 1.04. The predicted octanol–water partition coefficient (Wildman–Crippen LogP) is 1.97. The van der Waals surface area contributed by atoms with Crippen LogP contribution in [0.1, 0.15) is 37.7 Å². The van der Waals surface area contributed by atoms with Gasteiger partial charge in [-0.2, -0.15) is 0 Å². The third-order valence-electron chi connectivity index (χ3n) is 4.34. The molecule has 1 aromatic carbocycles. The Balaban J connectivity index is 1.59. The highest BCUT2D eigenvalue weighted by atomic mass is 16.4. The van der Waals surface area contributed by atoms with Crippen LogP contribution in [0.25, 0.3) is 11.1 Å². The zero-order valence-electron chi connectivity index (χ0n) is 12.2. The predicted molar refractivity (Wildman–Crippen MR) is 81.8 cm³/mol. The van der Waals surface area contributed by atoms with E-state index in [1.165, 1.54) is 12.8 Å². The van der Waals surface area contributed by atoms with Crippen LogP contribution in [0.3, 0.4) is 0 Å². The van der Waals surface area contributed by atoms with Crippen molar-refractivity contribution in [1.82, 2.24) is 10.3 Å². The van der Waals surface area contributed by atoms with Crippen molar-refractivity contribution in [2.24, 2.45) is 11.7 Å². The second kappa shape index (κ2) is 6.56. The molecule has 5 heteroatoms. The second-order valence-electron chi connectivity index (χ2n) is 5.90. The second-order valence-corrected chi connectivity index (χ2v) is 5.90. The Labute approximate surface area is 124 Å². The fourth-order valence-electron chi connectivity index (χ4n) is 2.96. The number of hydrogen-bond donors (Lipinski definition) is 3. The lowest BCUT2D eigenvalue weighted by Crippen LogP contribution is -2.32. The Morgan fingerprint density at radius 2 is 2.10 bits per heavy atom. The third kappa shape index (κ3) is 3.43. The van der Waals surface area contributed by atoms with Crippen LogP contribution in [0.15, 0.2) is 28.7 Å². The van der Waals surface area contributed by atoms with Crippen molar-refractivity contribution in [3.05, 3.63) is 30.2 Å². The molecule has 0 radical (unpaired) electrons. The minimum atomic E-state index is -0.834. The Morgan fingerprint density at radius 1 is 1.33 bits per heavy atom. The van der Waals surface area contributed by atoms with Crippen LogP contribution < -0.4 is 11.1 Å². The number of benzene rings is 1. The van der Waals surface area contributed by atoms with E-state index in [2.05, 4.69) is 10.3 Å². The van der Waals surface area contributed by atoms with Gasteiger partial charge < -0.3 is 20.6 Å². The maximum Gasteiger partial charge on any atom is 0.225 e. The van der Waals surface area contributed by atoms with Crippen molar-refractivity contribution in [3.63, 3.8) is 0 Å². The maximum atomic E-state index is 10.3. The summed E-state index contributed by atoms with van der Waals surface area (Å²) in [5.41, 5.74) is 7.58. The van der Waals surface area contributed by atoms with Crippen LogP contribution in [0, 0.1) is 5.92 Å². The van der Waals surface area contributed by atoms with E-state index >= 15 is 0 Å². The molecule has 3 rings (SSSR count). The summed E-state index contributed by atoms with van der Waals surface area (Å²) in [4.78, 5) is 4.32. The first-order valence-corrected chi connectivity index (χ1v) is 7.74. The number of aliphatic hydroxyl groups is 1. The monoisotopic (exact) mass is 289 g/mol. The molecule has 0 aliphatic carbocycles. The summed E-state index contributed by atoms with van der Waals surface area (Å²) in [7, 11) is 0. The number of nitrogens with one attached hydrogen (secondary N) is 1. The molecule has 2 atom stereocenters. The maximum absolute atomic E-state index is 10.3. The Hall–Kier alpha value is -1.43. The molecule has 2 heterocycles. The number of piperidine rings is 1. The van der Waals surface area contributed by atoms with Gasteiger partial charge in [0.25, 0.3) is 0 Å². The molecule has 0 amide bonds. The summed E-state index contributed by atoms with van der Waals surface area (Å²) in [6, 6.07) is 7.18. The highest BCUT2D eigenvalue weighted by Crippen LogP contribution is 2.25. The van der Waals surface area contributed by atoms with E-state index in [0.717, 1.165) is 31.4 Å². The van der Waals surface area contributed by atoms with E-state index in [9.17, 15) is 5.11 Å². The largest absolute Gasteiger partial charge is 0.438 e. The highest BCUT2D eigenvalue weighted by Gasteiger charge is 2.24. The summed E-state index contributed by atoms with van der Waals surface area (Å²) in [6.45, 7) is 2.18. The molecular weight excluding hydrogens is 266 g/mol. The van der Waals surface area contributed by atoms with Gasteiger partial charge in [0.1, 0.15) is 11.6 Å². The van der Waals surface area contributed by atoms with E-state index in [-0.39, 0.29) is 6.04 Å².